The predicted molar refractivity (Wildman–Crippen MR) is 93.5 cm³/mol. The Hall–Kier alpha value is -2.02. The van der Waals surface area contributed by atoms with Gasteiger partial charge in [-0.25, -0.2) is 8.42 Å². The Morgan fingerprint density at radius 2 is 1.70 bits per heavy atom. The van der Waals surface area contributed by atoms with E-state index in [0.717, 1.165) is 18.8 Å². The first-order chi connectivity index (χ1) is 10.8. The van der Waals surface area contributed by atoms with Gasteiger partial charge in [0.2, 0.25) is 0 Å². The summed E-state index contributed by atoms with van der Waals surface area (Å²) in [5, 5.41) is 4.17. The summed E-state index contributed by atoms with van der Waals surface area (Å²) >= 11 is 0. The highest BCUT2D eigenvalue weighted by Gasteiger charge is 2.23. The third-order valence-corrected chi connectivity index (χ3v) is 5.59. The lowest BCUT2D eigenvalue weighted by molar-refractivity contribution is 0.599. The molecule has 6 nitrogen and oxygen atoms in total. The fourth-order valence-corrected chi connectivity index (χ4v) is 4.18. The number of sulfonamides is 1. The van der Waals surface area contributed by atoms with E-state index in [2.05, 4.69) is 28.6 Å². The molecule has 0 aliphatic carbocycles. The average molecular weight is 336 g/mol. The second-order valence-electron chi connectivity index (χ2n) is 5.45. The van der Waals surface area contributed by atoms with Gasteiger partial charge in [0.25, 0.3) is 10.0 Å². The summed E-state index contributed by atoms with van der Waals surface area (Å²) in [6.45, 7) is 9.45. The number of aryl methyl sites for hydroxylation is 2. The van der Waals surface area contributed by atoms with Crippen molar-refractivity contribution in [3.8, 4) is 0 Å². The fraction of sp³-hybridized carbons (Fsp3) is 0.438. The van der Waals surface area contributed by atoms with Crippen LogP contribution < -0.4 is 9.62 Å². The van der Waals surface area contributed by atoms with Crippen molar-refractivity contribution in [2.75, 3.05) is 22.7 Å². The molecule has 0 radical (unpaired) electrons. The molecule has 0 bridgehead atoms. The summed E-state index contributed by atoms with van der Waals surface area (Å²) < 4.78 is 29.4. The van der Waals surface area contributed by atoms with Gasteiger partial charge in [-0.3, -0.25) is 9.40 Å². The van der Waals surface area contributed by atoms with Gasteiger partial charge in [0.05, 0.1) is 11.4 Å². The summed E-state index contributed by atoms with van der Waals surface area (Å²) in [5.74, 6) is 0. The first kappa shape index (κ1) is 17.3. The molecule has 126 valence electrons. The largest absolute Gasteiger partial charge is 0.372 e. The molecular formula is C16H24N4O2S. The van der Waals surface area contributed by atoms with Crippen molar-refractivity contribution in [1.82, 2.24) is 9.78 Å². The van der Waals surface area contributed by atoms with Gasteiger partial charge in [0.15, 0.2) is 0 Å². The van der Waals surface area contributed by atoms with E-state index in [1.165, 1.54) is 0 Å². The van der Waals surface area contributed by atoms with Gasteiger partial charge in [0.1, 0.15) is 4.90 Å². The summed E-state index contributed by atoms with van der Waals surface area (Å²) in [7, 11) is -1.91. The normalized spacial score (nSPS) is 11.5. The predicted octanol–water partition coefficient (Wildman–Crippen LogP) is 2.68. The molecule has 7 heteroatoms. The highest BCUT2D eigenvalue weighted by atomic mass is 32.2. The zero-order chi connectivity index (χ0) is 17.2. The lowest BCUT2D eigenvalue weighted by atomic mass is 10.2. The SMILES string of the molecule is CCN(CC)c1ccc(NS(=O)(=O)c2c(C)nn(C)c2C)cc1. The molecule has 0 saturated carbocycles. The molecule has 0 saturated heterocycles. The van der Waals surface area contributed by atoms with E-state index in [9.17, 15) is 8.42 Å². The van der Waals surface area contributed by atoms with Gasteiger partial charge >= 0.3 is 0 Å². The van der Waals surface area contributed by atoms with E-state index in [1.807, 2.05) is 12.1 Å². The quantitative estimate of drug-likeness (QED) is 0.881. The van der Waals surface area contributed by atoms with Crippen molar-refractivity contribution in [3.63, 3.8) is 0 Å². The van der Waals surface area contributed by atoms with E-state index in [-0.39, 0.29) is 4.90 Å². The van der Waals surface area contributed by atoms with Gasteiger partial charge < -0.3 is 4.90 Å². The smallest absolute Gasteiger partial charge is 0.265 e. The van der Waals surface area contributed by atoms with Crippen LogP contribution in [0.4, 0.5) is 11.4 Å². The zero-order valence-corrected chi connectivity index (χ0v) is 15.1. The van der Waals surface area contributed by atoms with E-state index >= 15 is 0 Å². The maximum Gasteiger partial charge on any atom is 0.265 e. The van der Waals surface area contributed by atoms with Crippen LogP contribution in [0, 0.1) is 13.8 Å². The Morgan fingerprint density at radius 3 is 2.13 bits per heavy atom. The molecule has 1 aromatic carbocycles. The lowest BCUT2D eigenvalue weighted by Crippen LogP contribution is -2.21. The van der Waals surface area contributed by atoms with Crippen molar-refractivity contribution in [2.45, 2.75) is 32.6 Å². The number of benzene rings is 1. The lowest BCUT2D eigenvalue weighted by Gasteiger charge is -2.21. The maximum absolute atomic E-state index is 12.6. The highest BCUT2D eigenvalue weighted by Crippen LogP contribution is 2.23. The van der Waals surface area contributed by atoms with Crippen LogP contribution in [0.3, 0.4) is 0 Å². The van der Waals surface area contributed by atoms with Gasteiger partial charge in [-0.05, 0) is 52.0 Å². The van der Waals surface area contributed by atoms with Crippen LogP contribution in [0.5, 0.6) is 0 Å². The number of rotatable bonds is 6. The minimum absolute atomic E-state index is 0.243. The third kappa shape index (κ3) is 3.50. The molecule has 23 heavy (non-hydrogen) atoms. The number of nitrogens with one attached hydrogen (secondary N) is 1. The molecule has 2 rings (SSSR count). The number of hydrogen-bond acceptors (Lipinski definition) is 4. The number of nitrogens with zero attached hydrogens (tertiary/aromatic N) is 3. The molecule has 0 spiro atoms. The van der Waals surface area contributed by atoms with Crippen molar-refractivity contribution in [3.05, 3.63) is 35.7 Å². The topological polar surface area (TPSA) is 67.2 Å². The van der Waals surface area contributed by atoms with Crippen molar-refractivity contribution >= 4 is 21.4 Å². The van der Waals surface area contributed by atoms with E-state index in [1.54, 1.807) is 37.7 Å². The Kier molecular flexibility index (Phi) is 4.99. The average Bonchev–Trinajstić information content (AvgIpc) is 2.75. The van der Waals surface area contributed by atoms with E-state index < -0.39 is 10.0 Å². The standard InChI is InChI=1S/C16H24N4O2S/c1-6-20(7-2)15-10-8-14(9-11-15)18-23(21,22)16-12(3)17-19(5)13(16)4/h8-11,18H,6-7H2,1-5H3. The minimum atomic E-state index is -3.65. The number of hydrogen-bond donors (Lipinski definition) is 1. The summed E-state index contributed by atoms with van der Waals surface area (Å²) in [4.78, 5) is 2.45. The molecule has 0 unspecified atom stereocenters. The van der Waals surface area contributed by atoms with Crippen molar-refractivity contribution in [2.24, 2.45) is 7.05 Å². The van der Waals surface area contributed by atoms with Crippen LogP contribution in [0.25, 0.3) is 0 Å². The maximum atomic E-state index is 12.6. The molecule has 0 fully saturated rings. The number of aromatic nitrogens is 2. The van der Waals surface area contributed by atoms with Crippen molar-refractivity contribution < 1.29 is 8.42 Å². The summed E-state index contributed by atoms with van der Waals surface area (Å²) in [5.41, 5.74) is 2.74. The molecule has 0 aliphatic heterocycles. The molecule has 1 aromatic heterocycles. The fourth-order valence-electron chi connectivity index (χ4n) is 2.68. The van der Waals surface area contributed by atoms with E-state index in [0.29, 0.717) is 17.1 Å². The molecule has 1 N–H and O–H groups in total. The van der Waals surface area contributed by atoms with Gasteiger partial charge in [0, 0.05) is 31.5 Å². The van der Waals surface area contributed by atoms with Gasteiger partial charge in [-0.1, -0.05) is 0 Å². The molecule has 1 heterocycles. The Balaban J connectivity index is 2.27. The van der Waals surface area contributed by atoms with Crippen LogP contribution in [-0.4, -0.2) is 31.3 Å². The van der Waals surface area contributed by atoms with E-state index in [4.69, 9.17) is 0 Å². The monoisotopic (exact) mass is 336 g/mol. The Bertz CT molecular complexity index is 775. The molecule has 0 amide bonds. The molecule has 0 atom stereocenters. The van der Waals surface area contributed by atoms with Crippen LogP contribution in [0.2, 0.25) is 0 Å². The second-order valence-corrected chi connectivity index (χ2v) is 7.07. The van der Waals surface area contributed by atoms with Crippen LogP contribution in [-0.2, 0) is 17.1 Å². The van der Waals surface area contributed by atoms with Gasteiger partial charge in [-0.2, -0.15) is 5.10 Å². The van der Waals surface area contributed by atoms with Crippen LogP contribution >= 0.6 is 0 Å². The Labute approximate surface area is 138 Å². The van der Waals surface area contributed by atoms with Crippen molar-refractivity contribution in [1.29, 1.82) is 0 Å². The molecule has 0 aliphatic rings. The first-order valence-electron chi connectivity index (χ1n) is 7.68. The summed E-state index contributed by atoms with van der Waals surface area (Å²) in [6, 6.07) is 7.42. The zero-order valence-electron chi connectivity index (χ0n) is 14.3. The number of anilines is 2. The second kappa shape index (κ2) is 6.62. The third-order valence-electron chi connectivity index (χ3n) is 3.96. The van der Waals surface area contributed by atoms with Crippen LogP contribution in [0.1, 0.15) is 25.2 Å². The molecular weight excluding hydrogens is 312 g/mol. The van der Waals surface area contributed by atoms with Gasteiger partial charge in [-0.15, -0.1) is 0 Å². The minimum Gasteiger partial charge on any atom is -0.372 e. The van der Waals surface area contributed by atoms with Crippen LogP contribution in [0.15, 0.2) is 29.2 Å². The Morgan fingerprint density at radius 1 is 1.13 bits per heavy atom. The molecule has 2 aromatic rings. The highest BCUT2D eigenvalue weighted by molar-refractivity contribution is 7.92. The summed E-state index contributed by atoms with van der Waals surface area (Å²) in [6.07, 6.45) is 0. The first-order valence-corrected chi connectivity index (χ1v) is 9.16.